The largest absolute Gasteiger partial charge is 0.358 e. The molecule has 0 aliphatic carbocycles. The standard InChI is InChI=1S/C13H16N2/c1-9-7-13-11(8-15(9)2)10-5-3-4-6-12(10)14-13/h3-6,9,14H,7-8H2,1-2H3/t9-/m1/s1. The lowest BCUT2D eigenvalue weighted by molar-refractivity contribution is 0.231. The SMILES string of the molecule is C[C@@H]1Cc2[nH]c3ccccc3c2CN1C. The Bertz CT molecular complexity index is 498. The average Bonchev–Trinajstić information content (AvgIpc) is 2.57. The number of nitrogens with one attached hydrogen (secondary N) is 1. The van der Waals surface area contributed by atoms with Crippen molar-refractivity contribution in [2.75, 3.05) is 7.05 Å². The molecule has 2 heterocycles. The van der Waals surface area contributed by atoms with Crippen molar-refractivity contribution in [2.24, 2.45) is 0 Å². The molecular weight excluding hydrogens is 184 g/mol. The minimum Gasteiger partial charge on any atom is -0.358 e. The first-order chi connectivity index (χ1) is 7.25. The highest BCUT2D eigenvalue weighted by atomic mass is 15.1. The molecule has 0 saturated carbocycles. The van der Waals surface area contributed by atoms with E-state index in [1.807, 2.05) is 0 Å². The van der Waals surface area contributed by atoms with Crippen LogP contribution in [0, 0.1) is 0 Å². The van der Waals surface area contributed by atoms with E-state index in [0.29, 0.717) is 6.04 Å². The number of rotatable bonds is 0. The third-order valence-electron chi connectivity index (χ3n) is 3.56. The van der Waals surface area contributed by atoms with Crippen LogP contribution in [0.3, 0.4) is 0 Å². The molecule has 2 nitrogen and oxygen atoms in total. The lowest BCUT2D eigenvalue weighted by Crippen LogP contribution is -2.34. The van der Waals surface area contributed by atoms with E-state index in [1.54, 1.807) is 0 Å². The number of H-pyrrole nitrogens is 1. The number of hydrogen-bond acceptors (Lipinski definition) is 1. The second-order valence-electron chi connectivity index (χ2n) is 4.60. The van der Waals surface area contributed by atoms with Gasteiger partial charge in [-0.3, -0.25) is 4.90 Å². The van der Waals surface area contributed by atoms with Crippen molar-refractivity contribution >= 4 is 10.9 Å². The molecular formula is C13H16N2. The smallest absolute Gasteiger partial charge is 0.0459 e. The summed E-state index contributed by atoms with van der Waals surface area (Å²) in [5, 5.41) is 1.39. The minimum atomic E-state index is 0.644. The number of fused-ring (bicyclic) bond motifs is 3. The molecule has 2 aromatic rings. The number of aromatic nitrogens is 1. The molecule has 0 radical (unpaired) electrons. The predicted molar refractivity (Wildman–Crippen MR) is 62.9 cm³/mol. The number of nitrogens with zero attached hydrogens (tertiary/aromatic N) is 1. The minimum absolute atomic E-state index is 0.644. The molecule has 15 heavy (non-hydrogen) atoms. The molecule has 1 aromatic carbocycles. The van der Waals surface area contributed by atoms with E-state index in [9.17, 15) is 0 Å². The molecule has 1 aliphatic rings. The maximum absolute atomic E-state index is 3.54. The summed E-state index contributed by atoms with van der Waals surface area (Å²) in [6, 6.07) is 9.24. The summed E-state index contributed by atoms with van der Waals surface area (Å²) in [5.74, 6) is 0. The molecule has 2 heteroatoms. The van der Waals surface area contributed by atoms with Crippen molar-refractivity contribution < 1.29 is 0 Å². The predicted octanol–water partition coefficient (Wildman–Crippen LogP) is 2.54. The number of para-hydroxylation sites is 1. The van der Waals surface area contributed by atoms with Crippen molar-refractivity contribution in [2.45, 2.75) is 25.9 Å². The number of hydrogen-bond donors (Lipinski definition) is 1. The Morgan fingerprint density at radius 2 is 2.13 bits per heavy atom. The maximum Gasteiger partial charge on any atom is 0.0459 e. The monoisotopic (exact) mass is 200 g/mol. The first kappa shape index (κ1) is 8.98. The van der Waals surface area contributed by atoms with Gasteiger partial charge in [-0.1, -0.05) is 18.2 Å². The van der Waals surface area contributed by atoms with E-state index in [1.165, 1.54) is 22.2 Å². The second kappa shape index (κ2) is 3.11. The molecule has 0 saturated heterocycles. The summed E-state index contributed by atoms with van der Waals surface area (Å²) in [6.45, 7) is 3.36. The van der Waals surface area contributed by atoms with Crippen molar-refractivity contribution in [3.05, 3.63) is 35.5 Å². The van der Waals surface area contributed by atoms with Crippen molar-refractivity contribution in [1.29, 1.82) is 0 Å². The van der Waals surface area contributed by atoms with Gasteiger partial charge in [-0.15, -0.1) is 0 Å². The molecule has 0 bridgehead atoms. The summed E-state index contributed by atoms with van der Waals surface area (Å²) in [4.78, 5) is 5.96. The summed E-state index contributed by atoms with van der Waals surface area (Å²) in [7, 11) is 2.20. The Balaban J connectivity index is 2.21. The summed E-state index contributed by atoms with van der Waals surface area (Å²) in [5.41, 5.74) is 4.21. The van der Waals surface area contributed by atoms with Crippen LogP contribution in [0.5, 0.6) is 0 Å². The lowest BCUT2D eigenvalue weighted by atomic mass is 10.0. The fourth-order valence-corrected chi connectivity index (χ4v) is 2.47. The fourth-order valence-electron chi connectivity index (χ4n) is 2.47. The molecule has 0 spiro atoms. The van der Waals surface area contributed by atoms with E-state index in [0.717, 1.165) is 13.0 Å². The van der Waals surface area contributed by atoms with Gasteiger partial charge in [0.05, 0.1) is 0 Å². The van der Waals surface area contributed by atoms with Gasteiger partial charge in [0.1, 0.15) is 0 Å². The first-order valence-corrected chi connectivity index (χ1v) is 5.54. The van der Waals surface area contributed by atoms with E-state index in [4.69, 9.17) is 0 Å². The molecule has 1 atom stereocenters. The zero-order valence-corrected chi connectivity index (χ0v) is 9.25. The molecule has 0 amide bonds. The summed E-state index contributed by atoms with van der Waals surface area (Å²) >= 11 is 0. The van der Waals surface area contributed by atoms with Gasteiger partial charge in [0.2, 0.25) is 0 Å². The molecule has 1 aromatic heterocycles. The van der Waals surface area contributed by atoms with Gasteiger partial charge < -0.3 is 4.98 Å². The molecule has 0 unspecified atom stereocenters. The zero-order valence-electron chi connectivity index (χ0n) is 9.25. The van der Waals surface area contributed by atoms with Crippen LogP contribution in [-0.2, 0) is 13.0 Å². The average molecular weight is 200 g/mol. The highest BCUT2D eigenvalue weighted by Crippen LogP contribution is 2.28. The van der Waals surface area contributed by atoms with Crippen LogP contribution in [0.2, 0.25) is 0 Å². The Kier molecular flexibility index (Phi) is 1.86. The number of likely N-dealkylation sites (N-methyl/N-ethyl adjacent to an activating group) is 1. The van der Waals surface area contributed by atoms with Gasteiger partial charge in [0.15, 0.2) is 0 Å². The van der Waals surface area contributed by atoms with E-state index < -0.39 is 0 Å². The van der Waals surface area contributed by atoms with Crippen LogP contribution in [0.4, 0.5) is 0 Å². The Morgan fingerprint density at radius 1 is 1.33 bits per heavy atom. The molecule has 78 valence electrons. The van der Waals surface area contributed by atoms with E-state index in [-0.39, 0.29) is 0 Å². The Labute approximate surface area is 89.9 Å². The normalized spacial score (nSPS) is 21.9. The third-order valence-corrected chi connectivity index (χ3v) is 3.56. The van der Waals surface area contributed by atoms with Crippen molar-refractivity contribution in [1.82, 2.24) is 9.88 Å². The zero-order chi connectivity index (χ0) is 10.4. The van der Waals surface area contributed by atoms with Gasteiger partial charge in [-0.2, -0.15) is 0 Å². The third kappa shape index (κ3) is 1.29. The quantitative estimate of drug-likeness (QED) is 0.692. The Hall–Kier alpha value is -1.28. The fraction of sp³-hybridized carbons (Fsp3) is 0.385. The van der Waals surface area contributed by atoms with E-state index >= 15 is 0 Å². The highest BCUT2D eigenvalue weighted by molar-refractivity contribution is 5.84. The summed E-state index contributed by atoms with van der Waals surface area (Å²) < 4.78 is 0. The Morgan fingerprint density at radius 3 is 3.00 bits per heavy atom. The maximum atomic E-state index is 3.54. The molecule has 1 N–H and O–H groups in total. The van der Waals surface area contributed by atoms with Gasteiger partial charge in [-0.25, -0.2) is 0 Å². The van der Waals surface area contributed by atoms with Crippen LogP contribution in [0.1, 0.15) is 18.2 Å². The van der Waals surface area contributed by atoms with Crippen LogP contribution in [0.15, 0.2) is 24.3 Å². The van der Waals surface area contributed by atoms with Crippen molar-refractivity contribution in [3.63, 3.8) is 0 Å². The second-order valence-corrected chi connectivity index (χ2v) is 4.60. The summed E-state index contributed by atoms with van der Waals surface area (Å²) in [6.07, 6.45) is 1.14. The van der Waals surface area contributed by atoms with Crippen LogP contribution < -0.4 is 0 Å². The molecule has 3 rings (SSSR count). The van der Waals surface area contributed by atoms with E-state index in [2.05, 4.69) is 48.1 Å². The van der Waals surface area contributed by atoms with Crippen LogP contribution in [-0.4, -0.2) is 23.0 Å². The molecule has 0 fully saturated rings. The molecule has 1 aliphatic heterocycles. The van der Waals surface area contributed by atoms with Gasteiger partial charge in [-0.05, 0) is 25.6 Å². The van der Waals surface area contributed by atoms with Crippen LogP contribution in [0.25, 0.3) is 10.9 Å². The van der Waals surface area contributed by atoms with Crippen LogP contribution >= 0.6 is 0 Å². The van der Waals surface area contributed by atoms with Gasteiger partial charge >= 0.3 is 0 Å². The number of aromatic amines is 1. The number of benzene rings is 1. The van der Waals surface area contributed by atoms with Gasteiger partial charge in [0, 0.05) is 35.6 Å². The highest BCUT2D eigenvalue weighted by Gasteiger charge is 2.22. The van der Waals surface area contributed by atoms with Crippen molar-refractivity contribution in [3.8, 4) is 0 Å². The topological polar surface area (TPSA) is 19.0 Å². The van der Waals surface area contributed by atoms with Gasteiger partial charge in [0.25, 0.3) is 0 Å². The first-order valence-electron chi connectivity index (χ1n) is 5.54. The lowest BCUT2D eigenvalue weighted by Gasteiger charge is -2.29.